The topological polar surface area (TPSA) is 231 Å². The molecule has 4 unspecified atom stereocenters. The van der Waals surface area contributed by atoms with Gasteiger partial charge in [0.2, 0.25) is 0 Å². The predicted octanol–water partition coefficient (Wildman–Crippen LogP) is 6.43. The van der Waals surface area contributed by atoms with Gasteiger partial charge in [-0.1, -0.05) is 131 Å². The molecule has 2 saturated heterocycles. The number of aliphatic hydroxyl groups is 7. The number of carbonyl (C=O) groups excluding carboxylic acids is 2. The maximum atomic E-state index is 13.0. The summed E-state index contributed by atoms with van der Waals surface area (Å²) in [6, 6.07) is 0. The van der Waals surface area contributed by atoms with E-state index in [-0.39, 0.29) is 19.4 Å². The minimum Gasteiger partial charge on any atom is -0.462 e. The van der Waals surface area contributed by atoms with Gasteiger partial charge in [0.1, 0.15) is 55.4 Å². The van der Waals surface area contributed by atoms with Crippen LogP contribution < -0.4 is 0 Å². The number of hydrogen-bond acceptors (Lipinski definition) is 15. The minimum absolute atomic E-state index is 0.131. The zero-order chi connectivity index (χ0) is 48.9. The molecule has 2 heterocycles. The van der Waals surface area contributed by atoms with Gasteiger partial charge in [0, 0.05) is 12.8 Å². The molecular formula is C52H84O15. The average molecular weight is 949 g/mol. The predicted molar refractivity (Wildman–Crippen MR) is 256 cm³/mol. The Hall–Kier alpha value is -3.32. The van der Waals surface area contributed by atoms with Crippen molar-refractivity contribution in [3.63, 3.8) is 0 Å². The molecule has 0 aromatic carbocycles. The lowest BCUT2D eigenvalue weighted by Gasteiger charge is -2.42. The largest absolute Gasteiger partial charge is 0.462 e. The van der Waals surface area contributed by atoms with Crippen LogP contribution in [0.2, 0.25) is 0 Å². The first-order valence-corrected chi connectivity index (χ1v) is 24.7. The number of aliphatic hydroxyl groups excluding tert-OH is 7. The van der Waals surface area contributed by atoms with Crippen molar-refractivity contribution in [3.8, 4) is 0 Å². The Labute approximate surface area is 399 Å². The maximum absolute atomic E-state index is 13.0. The van der Waals surface area contributed by atoms with Crippen molar-refractivity contribution in [2.24, 2.45) is 0 Å². The molecule has 382 valence electrons. The molecule has 67 heavy (non-hydrogen) atoms. The van der Waals surface area contributed by atoms with Gasteiger partial charge in [-0.3, -0.25) is 9.59 Å². The molecule has 0 radical (unpaired) electrons. The maximum Gasteiger partial charge on any atom is 0.306 e. The third-order valence-electron chi connectivity index (χ3n) is 11.1. The van der Waals surface area contributed by atoms with Gasteiger partial charge in [0.25, 0.3) is 0 Å². The number of esters is 2. The molecule has 0 aromatic heterocycles. The second kappa shape index (κ2) is 38.5. The summed E-state index contributed by atoms with van der Waals surface area (Å²) in [5.41, 5.74) is 0. The van der Waals surface area contributed by atoms with Gasteiger partial charge in [-0.25, -0.2) is 0 Å². The van der Waals surface area contributed by atoms with Crippen LogP contribution >= 0.6 is 0 Å². The van der Waals surface area contributed by atoms with Crippen LogP contribution in [0, 0.1) is 0 Å². The monoisotopic (exact) mass is 949 g/mol. The van der Waals surface area contributed by atoms with E-state index in [9.17, 15) is 45.3 Å². The van der Waals surface area contributed by atoms with Crippen molar-refractivity contribution in [2.45, 2.75) is 203 Å². The molecule has 0 bridgehead atoms. The minimum atomic E-state index is -1.78. The summed E-state index contributed by atoms with van der Waals surface area (Å²) >= 11 is 0. The number of ether oxygens (including phenoxy) is 6. The highest BCUT2D eigenvalue weighted by Gasteiger charge is 2.47. The quantitative estimate of drug-likeness (QED) is 0.0204. The van der Waals surface area contributed by atoms with Crippen LogP contribution in [-0.2, 0) is 38.0 Å². The van der Waals surface area contributed by atoms with E-state index in [0.29, 0.717) is 19.3 Å². The van der Waals surface area contributed by atoms with E-state index in [0.717, 1.165) is 77.0 Å². The third-order valence-corrected chi connectivity index (χ3v) is 11.1. The third kappa shape index (κ3) is 26.9. The number of unbranched alkanes of at least 4 members (excludes halogenated alkanes) is 8. The molecule has 11 atom stereocenters. The molecular weight excluding hydrogens is 865 g/mol. The van der Waals surface area contributed by atoms with Crippen molar-refractivity contribution < 1.29 is 73.8 Å². The summed E-state index contributed by atoms with van der Waals surface area (Å²) in [4.78, 5) is 25.7. The van der Waals surface area contributed by atoms with Crippen molar-refractivity contribution in [2.75, 3.05) is 26.4 Å². The van der Waals surface area contributed by atoms with E-state index in [1.165, 1.54) is 12.8 Å². The van der Waals surface area contributed by atoms with Crippen LogP contribution in [0.1, 0.15) is 136 Å². The second-order valence-corrected chi connectivity index (χ2v) is 16.9. The van der Waals surface area contributed by atoms with Gasteiger partial charge in [-0.2, -0.15) is 0 Å². The standard InChI is InChI=1S/C52H84O15/c1-3-5-7-9-11-13-15-17-19-20-21-23-24-26-28-30-32-34-43(54)62-37-40(65-44(55)35-33-31-29-27-25-22-18-16-14-12-10-8-6-4-2)38-63-51-50(61)48(59)46(57)42(67-51)39-64-52-49(60)47(58)45(56)41(36-53)66-52/h5,7,10-13,16-19,21,23,26,28,40-42,45-53,56-61H,3-4,6,8-9,14-15,20,22,24-25,27,29-39H2,1-2H3/b7-5+,12-10+,13-11+,18-16+,19-17+,23-21+,28-26+/t40-,41+,42+,45-,46-,47?,48?,49?,50?,51+,52+/m0/s1. The summed E-state index contributed by atoms with van der Waals surface area (Å²) in [6.07, 6.45) is 29.0. The van der Waals surface area contributed by atoms with Crippen LogP contribution in [0.4, 0.5) is 0 Å². The highest BCUT2D eigenvalue weighted by molar-refractivity contribution is 5.70. The second-order valence-electron chi connectivity index (χ2n) is 16.9. The Balaban J connectivity index is 1.86. The SMILES string of the molecule is CC/C=C/C/C=C/C/C=C/C/C=C/C/C=C/CCCC(=O)OC[C@@H](CO[C@@H]1O[C@H](CO[C@@H]2O[C@H](CO)[C@H](O)C(O)C2O)[C@H](O)C(O)C1O)OC(=O)CCCCCCC/C=C/C/C=C/CCCC. The van der Waals surface area contributed by atoms with Crippen LogP contribution in [0.5, 0.6) is 0 Å². The highest BCUT2D eigenvalue weighted by atomic mass is 16.7. The number of hydrogen-bond donors (Lipinski definition) is 7. The molecule has 0 saturated carbocycles. The fourth-order valence-electron chi connectivity index (χ4n) is 7.03. The molecule has 15 heteroatoms. The summed E-state index contributed by atoms with van der Waals surface area (Å²) in [5.74, 6) is -1.02. The van der Waals surface area contributed by atoms with E-state index in [1.807, 2.05) is 12.2 Å². The molecule has 0 amide bonds. The van der Waals surface area contributed by atoms with E-state index < -0.39 is 99.3 Å². The van der Waals surface area contributed by atoms with Crippen LogP contribution in [0.25, 0.3) is 0 Å². The summed E-state index contributed by atoms with van der Waals surface area (Å²) in [7, 11) is 0. The molecule has 2 aliphatic rings. The lowest BCUT2D eigenvalue weighted by atomic mass is 9.98. The summed E-state index contributed by atoms with van der Waals surface area (Å²) < 4.78 is 33.4. The molecule has 2 fully saturated rings. The first kappa shape index (κ1) is 59.8. The zero-order valence-corrected chi connectivity index (χ0v) is 40.1. The van der Waals surface area contributed by atoms with Crippen molar-refractivity contribution in [1.82, 2.24) is 0 Å². The Kier molecular flexibility index (Phi) is 34.4. The van der Waals surface area contributed by atoms with Gasteiger partial charge in [-0.15, -0.1) is 0 Å². The molecule has 0 aliphatic carbocycles. The average Bonchev–Trinajstić information content (AvgIpc) is 3.32. The van der Waals surface area contributed by atoms with Crippen LogP contribution in [0.15, 0.2) is 85.1 Å². The van der Waals surface area contributed by atoms with Crippen LogP contribution in [-0.4, -0.2) is 142 Å². The molecule has 0 spiro atoms. The van der Waals surface area contributed by atoms with E-state index in [4.69, 9.17) is 28.4 Å². The fourth-order valence-corrected chi connectivity index (χ4v) is 7.03. The fraction of sp³-hybridized carbons (Fsp3) is 0.692. The highest BCUT2D eigenvalue weighted by Crippen LogP contribution is 2.26. The Morgan fingerprint density at radius 3 is 1.52 bits per heavy atom. The van der Waals surface area contributed by atoms with Crippen molar-refractivity contribution in [3.05, 3.63) is 85.1 Å². The van der Waals surface area contributed by atoms with E-state index in [1.54, 1.807) is 0 Å². The van der Waals surface area contributed by atoms with Gasteiger partial charge < -0.3 is 64.2 Å². The number of allylic oxidation sites excluding steroid dienone is 14. The molecule has 15 nitrogen and oxygen atoms in total. The van der Waals surface area contributed by atoms with Gasteiger partial charge >= 0.3 is 11.9 Å². The summed E-state index contributed by atoms with van der Waals surface area (Å²) in [5, 5.41) is 72.0. The number of rotatable bonds is 36. The first-order chi connectivity index (χ1) is 32.5. The first-order valence-electron chi connectivity index (χ1n) is 24.7. The lowest BCUT2D eigenvalue weighted by Crippen LogP contribution is -2.61. The lowest BCUT2D eigenvalue weighted by molar-refractivity contribution is -0.332. The van der Waals surface area contributed by atoms with E-state index in [2.05, 4.69) is 86.8 Å². The van der Waals surface area contributed by atoms with Gasteiger partial charge in [0.15, 0.2) is 18.7 Å². The Bertz CT molecular complexity index is 1490. The van der Waals surface area contributed by atoms with E-state index >= 15 is 0 Å². The molecule has 0 aromatic rings. The summed E-state index contributed by atoms with van der Waals surface area (Å²) in [6.45, 7) is 2.33. The Morgan fingerprint density at radius 2 is 0.955 bits per heavy atom. The Morgan fingerprint density at radius 1 is 0.493 bits per heavy atom. The molecule has 2 aliphatic heterocycles. The smallest absolute Gasteiger partial charge is 0.306 e. The van der Waals surface area contributed by atoms with Gasteiger partial charge in [-0.05, 0) is 77.0 Å². The normalized spacial score (nSPS) is 26.7. The van der Waals surface area contributed by atoms with Crippen LogP contribution in [0.3, 0.4) is 0 Å². The number of carbonyl (C=O) groups is 2. The zero-order valence-electron chi connectivity index (χ0n) is 40.1. The molecule has 2 rings (SSSR count). The molecule has 7 N–H and O–H groups in total. The van der Waals surface area contributed by atoms with Gasteiger partial charge in [0.05, 0.1) is 19.8 Å². The van der Waals surface area contributed by atoms with Crippen molar-refractivity contribution in [1.29, 1.82) is 0 Å². The van der Waals surface area contributed by atoms with Crippen molar-refractivity contribution >= 4 is 11.9 Å².